The molecule has 33 heavy (non-hydrogen) atoms. The number of hydrogen-bond acceptors (Lipinski definition) is 4. The number of carbonyl (C=O) groups excluding carboxylic acids is 2. The van der Waals surface area contributed by atoms with Crippen molar-refractivity contribution in [1.29, 1.82) is 0 Å². The van der Waals surface area contributed by atoms with Crippen LogP contribution in [0.25, 0.3) is 0 Å². The summed E-state index contributed by atoms with van der Waals surface area (Å²) in [5.41, 5.74) is 8.63. The number of benzene rings is 1. The molecule has 2 aromatic heterocycles. The lowest BCUT2D eigenvalue weighted by Gasteiger charge is -2.30. The molecule has 0 atom stereocenters. The molecule has 0 unspecified atom stereocenters. The van der Waals surface area contributed by atoms with Gasteiger partial charge in [-0.3, -0.25) is 19.3 Å². The van der Waals surface area contributed by atoms with E-state index in [4.69, 9.17) is 0 Å². The lowest BCUT2D eigenvalue weighted by Crippen LogP contribution is -2.37. The summed E-state index contributed by atoms with van der Waals surface area (Å²) in [4.78, 5) is 32.3. The summed E-state index contributed by atoms with van der Waals surface area (Å²) in [6.07, 6.45) is 3.39. The molecule has 2 amide bonds. The molecule has 1 N–H and O–H groups in total. The molecule has 3 aromatic rings. The van der Waals surface area contributed by atoms with E-state index in [1.54, 1.807) is 11.7 Å². The van der Waals surface area contributed by atoms with Gasteiger partial charge < -0.3 is 10.2 Å². The van der Waals surface area contributed by atoms with E-state index in [0.29, 0.717) is 25.3 Å². The number of aryl methyl sites for hydroxylation is 5. The van der Waals surface area contributed by atoms with Crippen molar-refractivity contribution < 1.29 is 9.59 Å². The van der Waals surface area contributed by atoms with Gasteiger partial charge in [-0.1, -0.05) is 13.0 Å². The first-order valence-electron chi connectivity index (χ1n) is 11.4. The molecule has 0 aliphatic carbocycles. The van der Waals surface area contributed by atoms with Gasteiger partial charge in [0.05, 0.1) is 5.69 Å². The second-order valence-corrected chi connectivity index (χ2v) is 8.78. The predicted octanol–water partition coefficient (Wildman–Crippen LogP) is 3.43. The maximum atomic E-state index is 13.1. The van der Waals surface area contributed by atoms with Crippen LogP contribution < -0.4 is 5.32 Å². The topological polar surface area (TPSA) is 80.1 Å². The van der Waals surface area contributed by atoms with E-state index in [2.05, 4.69) is 15.4 Å². The van der Waals surface area contributed by atoms with Crippen molar-refractivity contribution in [3.8, 4) is 0 Å². The minimum atomic E-state index is -0.149. The van der Waals surface area contributed by atoms with Crippen molar-refractivity contribution in [2.75, 3.05) is 6.54 Å². The molecule has 3 heterocycles. The zero-order valence-corrected chi connectivity index (χ0v) is 20.0. The van der Waals surface area contributed by atoms with Gasteiger partial charge in [0.15, 0.2) is 0 Å². The molecule has 0 radical (unpaired) electrons. The largest absolute Gasteiger partial charge is 0.347 e. The van der Waals surface area contributed by atoms with Crippen LogP contribution in [0.4, 0.5) is 0 Å². The SMILES string of the molecule is CCc1cc(C(=O)NCc2c(C)ncc3c2CCN(C(=O)c2ccc(C)c(C)c2)C3)n(C)n1. The van der Waals surface area contributed by atoms with Crippen LogP contribution in [-0.4, -0.2) is 38.0 Å². The van der Waals surface area contributed by atoms with Crippen molar-refractivity contribution in [1.82, 2.24) is 25.0 Å². The molecular formula is C26H31N5O2. The highest BCUT2D eigenvalue weighted by Crippen LogP contribution is 2.25. The fourth-order valence-corrected chi connectivity index (χ4v) is 4.36. The van der Waals surface area contributed by atoms with Gasteiger partial charge in [0, 0.05) is 44.1 Å². The summed E-state index contributed by atoms with van der Waals surface area (Å²) in [5.74, 6) is -0.105. The van der Waals surface area contributed by atoms with Gasteiger partial charge in [-0.2, -0.15) is 5.10 Å². The van der Waals surface area contributed by atoms with Crippen molar-refractivity contribution in [3.63, 3.8) is 0 Å². The Morgan fingerprint density at radius 1 is 1.12 bits per heavy atom. The van der Waals surface area contributed by atoms with Crippen LogP contribution in [0.5, 0.6) is 0 Å². The Morgan fingerprint density at radius 3 is 2.61 bits per heavy atom. The number of nitrogens with zero attached hydrogens (tertiary/aromatic N) is 4. The van der Waals surface area contributed by atoms with Gasteiger partial charge in [-0.15, -0.1) is 0 Å². The Bertz CT molecular complexity index is 1230. The van der Waals surface area contributed by atoms with E-state index in [0.717, 1.165) is 46.5 Å². The molecule has 0 saturated carbocycles. The van der Waals surface area contributed by atoms with Crippen LogP contribution in [-0.2, 0) is 33.0 Å². The predicted molar refractivity (Wildman–Crippen MR) is 127 cm³/mol. The standard InChI is InChI=1S/C26H31N5O2/c1-6-21-12-24(30(5)29-21)25(32)28-14-23-18(4)27-13-20-15-31(10-9-22(20)23)26(33)19-8-7-16(2)17(3)11-19/h7-8,11-13H,6,9-10,14-15H2,1-5H3,(H,28,32). The molecule has 1 aliphatic heterocycles. The first-order valence-corrected chi connectivity index (χ1v) is 11.4. The van der Waals surface area contributed by atoms with Gasteiger partial charge in [-0.25, -0.2) is 0 Å². The van der Waals surface area contributed by atoms with Crippen LogP contribution in [0.15, 0.2) is 30.5 Å². The third kappa shape index (κ3) is 4.53. The van der Waals surface area contributed by atoms with Crippen LogP contribution in [0.3, 0.4) is 0 Å². The molecule has 0 saturated heterocycles. The Balaban J connectivity index is 1.50. The molecule has 4 rings (SSSR count). The minimum Gasteiger partial charge on any atom is -0.347 e. The molecule has 172 valence electrons. The van der Waals surface area contributed by atoms with E-state index >= 15 is 0 Å². The fraction of sp³-hybridized carbons (Fsp3) is 0.385. The molecule has 0 bridgehead atoms. The average Bonchev–Trinajstić information content (AvgIpc) is 3.20. The molecule has 0 fully saturated rings. The van der Waals surface area contributed by atoms with Crippen molar-refractivity contribution in [3.05, 3.63) is 80.9 Å². The Kier molecular flexibility index (Phi) is 6.31. The molecule has 1 aromatic carbocycles. The number of hydrogen-bond donors (Lipinski definition) is 1. The molecular weight excluding hydrogens is 414 g/mol. The maximum Gasteiger partial charge on any atom is 0.269 e. The van der Waals surface area contributed by atoms with E-state index in [1.165, 1.54) is 11.1 Å². The second-order valence-electron chi connectivity index (χ2n) is 8.78. The fourth-order valence-electron chi connectivity index (χ4n) is 4.36. The summed E-state index contributed by atoms with van der Waals surface area (Å²) < 4.78 is 1.62. The number of carbonyl (C=O) groups is 2. The van der Waals surface area contributed by atoms with Gasteiger partial charge >= 0.3 is 0 Å². The third-order valence-electron chi connectivity index (χ3n) is 6.59. The number of fused-ring (bicyclic) bond motifs is 1. The monoisotopic (exact) mass is 445 g/mol. The van der Waals surface area contributed by atoms with Crippen molar-refractivity contribution in [2.45, 2.75) is 53.6 Å². The lowest BCUT2D eigenvalue weighted by molar-refractivity contribution is 0.0734. The first kappa shape index (κ1) is 22.7. The van der Waals surface area contributed by atoms with Crippen molar-refractivity contribution >= 4 is 11.8 Å². The van der Waals surface area contributed by atoms with Gasteiger partial charge in [-0.05, 0) is 79.6 Å². The first-order chi connectivity index (χ1) is 15.8. The van der Waals surface area contributed by atoms with E-state index in [1.807, 2.05) is 63.1 Å². The zero-order valence-electron chi connectivity index (χ0n) is 20.0. The highest BCUT2D eigenvalue weighted by molar-refractivity contribution is 5.94. The summed E-state index contributed by atoms with van der Waals surface area (Å²) in [5, 5.41) is 7.39. The van der Waals surface area contributed by atoms with E-state index in [9.17, 15) is 9.59 Å². The van der Waals surface area contributed by atoms with Crippen LogP contribution in [0.1, 0.15) is 67.0 Å². The Labute approximate surface area is 194 Å². The minimum absolute atomic E-state index is 0.0436. The summed E-state index contributed by atoms with van der Waals surface area (Å²) in [6.45, 7) is 9.63. The maximum absolute atomic E-state index is 13.1. The smallest absolute Gasteiger partial charge is 0.269 e. The zero-order chi connectivity index (χ0) is 23.7. The molecule has 7 heteroatoms. The summed E-state index contributed by atoms with van der Waals surface area (Å²) >= 11 is 0. The highest BCUT2D eigenvalue weighted by atomic mass is 16.2. The molecule has 1 aliphatic rings. The highest BCUT2D eigenvalue weighted by Gasteiger charge is 2.25. The van der Waals surface area contributed by atoms with Gasteiger partial charge in [0.1, 0.15) is 5.69 Å². The van der Waals surface area contributed by atoms with E-state index < -0.39 is 0 Å². The van der Waals surface area contributed by atoms with Crippen LogP contribution >= 0.6 is 0 Å². The normalized spacial score (nSPS) is 13.1. The lowest BCUT2D eigenvalue weighted by atomic mass is 9.94. The molecule has 0 spiro atoms. The second kappa shape index (κ2) is 9.17. The van der Waals surface area contributed by atoms with Crippen molar-refractivity contribution in [2.24, 2.45) is 7.05 Å². The molecule has 7 nitrogen and oxygen atoms in total. The van der Waals surface area contributed by atoms with Gasteiger partial charge in [0.2, 0.25) is 0 Å². The van der Waals surface area contributed by atoms with Gasteiger partial charge in [0.25, 0.3) is 11.8 Å². The summed E-state index contributed by atoms with van der Waals surface area (Å²) in [7, 11) is 1.78. The van der Waals surface area contributed by atoms with E-state index in [-0.39, 0.29) is 11.8 Å². The number of pyridine rings is 1. The number of nitrogens with one attached hydrogen (secondary N) is 1. The summed E-state index contributed by atoms with van der Waals surface area (Å²) in [6, 6.07) is 7.69. The Morgan fingerprint density at radius 2 is 1.91 bits per heavy atom. The average molecular weight is 446 g/mol. The number of rotatable bonds is 5. The van der Waals surface area contributed by atoms with Crippen LogP contribution in [0.2, 0.25) is 0 Å². The van der Waals surface area contributed by atoms with Crippen LogP contribution in [0, 0.1) is 20.8 Å². The number of aromatic nitrogens is 3. The number of amides is 2. The third-order valence-corrected chi connectivity index (χ3v) is 6.59. The Hall–Kier alpha value is -3.48. The quantitative estimate of drug-likeness (QED) is 0.653.